The lowest BCUT2D eigenvalue weighted by Gasteiger charge is -2.10. The summed E-state index contributed by atoms with van der Waals surface area (Å²) in [5.41, 5.74) is 5.47. The standard InChI is InChI=1S/C10H11F2NO3/c1-16-10(15)7(13)4-5-2-3-6(11)8(12)9(5)14/h2-3,7,14H,4,13H2,1H3. The van der Waals surface area contributed by atoms with E-state index in [2.05, 4.69) is 4.74 Å². The van der Waals surface area contributed by atoms with Gasteiger partial charge in [-0.15, -0.1) is 0 Å². The van der Waals surface area contributed by atoms with Crippen LogP contribution in [0, 0.1) is 11.6 Å². The van der Waals surface area contributed by atoms with Crippen molar-refractivity contribution in [3.05, 3.63) is 29.3 Å². The van der Waals surface area contributed by atoms with Gasteiger partial charge in [0.05, 0.1) is 7.11 Å². The molecular weight excluding hydrogens is 220 g/mol. The molecule has 1 aromatic carbocycles. The fourth-order valence-corrected chi connectivity index (χ4v) is 1.22. The Kier molecular flexibility index (Phi) is 3.78. The van der Waals surface area contributed by atoms with E-state index in [-0.39, 0.29) is 12.0 Å². The summed E-state index contributed by atoms with van der Waals surface area (Å²) in [5, 5.41) is 9.26. The maximum absolute atomic E-state index is 12.9. The van der Waals surface area contributed by atoms with Crippen molar-refractivity contribution in [2.45, 2.75) is 12.5 Å². The maximum atomic E-state index is 12.9. The van der Waals surface area contributed by atoms with Crippen LogP contribution in [0.1, 0.15) is 5.56 Å². The van der Waals surface area contributed by atoms with Gasteiger partial charge >= 0.3 is 5.97 Å². The molecule has 0 heterocycles. The number of methoxy groups -OCH3 is 1. The molecule has 0 spiro atoms. The molecular formula is C10H11F2NO3. The number of rotatable bonds is 3. The summed E-state index contributed by atoms with van der Waals surface area (Å²) in [5.74, 6) is -4.04. The normalized spacial score (nSPS) is 12.2. The van der Waals surface area contributed by atoms with E-state index < -0.39 is 29.4 Å². The molecule has 0 radical (unpaired) electrons. The summed E-state index contributed by atoms with van der Waals surface area (Å²) >= 11 is 0. The molecule has 0 fully saturated rings. The monoisotopic (exact) mass is 231 g/mol. The van der Waals surface area contributed by atoms with Gasteiger partial charge in [0.25, 0.3) is 0 Å². The number of hydrogen-bond acceptors (Lipinski definition) is 4. The van der Waals surface area contributed by atoms with Crippen LogP contribution in [0.5, 0.6) is 5.75 Å². The first-order valence-corrected chi connectivity index (χ1v) is 4.46. The second-order valence-electron chi connectivity index (χ2n) is 3.20. The van der Waals surface area contributed by atoms with Crippen molar-refractivity contribution in [3.63, 3.8) is 0 Å². The second kappa shape index (κ2) is 4.89. The van der Waals surface area contributed by atoms with Gasteiger partial charge in [0, 0.05) is 6.42 Å². The molecule has 3 N–H and O–H groups in total. The predicted octanol–water partition coefficient (Wildman–Crippen LogP) is 0.713. The number of carbonyl (C=O) groups excluding carboxylic acids is 1. The zero-order valence-electron chi connectivity index (χ0n) is 8.54. The Balaban J connectivity index is 2.90. The zero-order chi connectivity index (χ0) is 12.3. The van der Waals surface area contributed by atoms with E-state index in [1.165, 1.54) is 0 Å². The molecule has 0 saturated carbocycles. The number of ether oxygens (including phenoxy) is 1. The number of halogens is 2. The number of nitrogens with two attached hydrogens (primary N) is 1. The van der Waals surface area contributed by atoms with Crippen LogP contribution in [0.4, 0.5) is 8.78 Å². The molecule has 6 heteroatoms. The Morgan fingerprint density at radius 1 is 1.56 bits per heavy atom. The average Bonchev–Trinajstić information content (AvgIpc) is 2.28. The number of phenols is 1. The molecule has 0 aliphatic heterocycles. The highest BCUT2D eigenvalue weighted by Gasteiger charge is 2.19. The fourth-order valence-electron chi connectivity index (χ4n) is 1.22. The topological polar surface area (TPSA) is 72.5 Å². The molecule has 1 rings (SSSR count). The molecule has 4 nitrogen and oxygen atoms in total. The first-order valence-electron chi connectivity index (χ1n) is 4.46. The predicted molar refractivity (Wildman–Crippen MR) is 51.7 cm³/mol. The first-order chi connectivity index (χ1) is 7.47. The molecule has 1 unspecified atom stereocenters. The van der Waals surface area contributed by atoms with Gasteiger partial charge in [0.2, 0.25) is 5.82 Å². The lowest BCUT2D eigenvalue weighted by atomic mass is 10.1. The van der Waals surface area contributed by atoms with Crippen molar-refractivity contribution in [1.82, 2.24) is 0 Å². The van der Waals surface area contributed by atoms with E-state index in [4.69, 9.17) is 5.73 Å². The Morgan fingerprint density at radius 3 is 2.75 bits per heavy atom. The second-order valence-corrected chi connectivity index (χ2v) is 3.20. The number of esters is 1. The summed E-state index contributed by atoms with van der Waals surface area (Å²) in [4.78, 5) is 11.0. The largest absolute Gasteiger partial charge is 0.505 e. The van der Waals surface area contributed by atoms with Crippen molar-refractivity contribution in [2.75, 3.05) is 7.11 Å². The van der Waals surface area contributed by atoms with E-state index in [1.807, 2.05) is 0 Å². The van der Waals surface area contributed by atoms with Crippen molar-refractivity contribution in [1.29, 1.82) is 0 Å². The quantitative estimate of drug-likeness (QED) is 0.751. The Labute approximate surface area is 90.6 Å². The summed E-state index contributed by atoms with van der Waals surface area (Å²) in [7, 11) is 1.16. The third-order valence-corrected chi connectivity index (χ3v) is 2.10. The zero-order valence-corrected chi connectivity index (χ0v) is 8.54. The highest BCUT2D eigenvalue weighted by molar-refractivity contribution is 5.75. The molecule has 16 heavy (non-hydrogen) atoms. The van der Waals surface area contributed by atoms with E-state index in [0.29, 0.717) is 0 Å². The van der Waals surface area contributed by atoms with Crippen molar-refractivity contribution in [2.24, 2.45) is 5.73 Å². The maximum Gasteiger partial charge on any atom is 0.322 e. The van der Waals surface area contributed by atoms with Crippen LogP contribution >= 0.6 is 0 Å². The molecule has 0 aliphatic carbocycles. The van der Waals surface area contributed by atoms with Crippen LogP contribution in [0.25, 0.3) is 0 Å². The van der Waals surface area contributed by atoms with Crippen LogP contribution in [0.2, 0.25) is 0 Å². The van der Waals surface area contributed by atoms with Gasteiger partial charge in [-0.2, -0.15) is 4.39 Å². The Bertz CT molecular complexity index is 409. The summed E-state index contributed by atoms with van der Waals surface area (Å²) in [6, 6.07) is 0.992. The fraction of sp³-hybridized carbons (Fsp3) is 0.300. The van der Waals surface area contributed by atoms with E-state index in [9.17, 15) is 18.7 Å². The highest BCUT2D eigenvalue weighted by atomic mass is 19.2. The third-order valence-electron chi connectivity index (χ3n) is 2.10. The van der Waals surface area contributed by atoms with Crippen molar-refractivity contribution in [3.8, 4) is 5.75 Å². The number of aromatic hydroxyl groups is 1. The van der Waals surface area contributed by atoms with Gasteiger partial charge in [-0.3, -0.25) is 4.79 Å². The SMILES string of the molecule is COC(=O)C(N)Cc1ccc(F)c(F)c1O. The van der Waals surface area contributed by atoms with Crippen molar-refractivity contribution < 1.29 is 23.4 Å². The highest BCUT2D eigenvalue weighted by Crippen LogP contribution is 2.24. The van der Waals surface area contributed by atoms with Crippen LogP contribution < -0.4 is 5.73 Å². The molecule has 0 amide bonds. The van der Waals surface area contributed by atoms with Gasteiger partial charge in [0.15, 0.2) is 11.6 Å². The van der Waals surface area contributed by atoms with Crippen LogP contribution in [0.15, 0.2) is 12.1 Å². The molecule has 1 aromatic rings. The molecule has 0 saturated heterocycles. The van der Waals surface area contributed by atoms with E-state index >= 15 is 0 Å². The van der Waals surface area contributed by atoms with Crippen LogP contribution in [-0.2, 0) is 16.0 Å². The number of carbonyl (C=O) groups is 1. The number of hydrogen-bond donors (Lipinski definition) is 2. The summed E-state index contributed by atoms with van der Waals surface area (Å²) in [6.07, 6.45) is -0.129. The van der Waals surface area contributed by atoms with Gasteiger partial charge in [0.1, 0.15) is 6.04 Å². The van der Waals surface area contributed by atoms with Gasteiger partial charge in [-0.25, -0.2) is 4.39 Å². The number of benzene rings is 1. The lowest BCUT2D eigenvalue weighted by molar-refractivity contribution is -0.142. The summed E-state index contributed by atoms with van der Waals surface area (Å²) < 4.78 is 30.0. The summed E-state index contributed by atoms with van der Waals surface area (Å²) in [6.45, 7) is 0. The number of phenolic OH excluding ortho intramolecular Hbond substituents is 1. The Morgan fingerprint density at radius 2 is 2.19 bits per heavy atom. The molecule has 0 aliphatic rings. The Hall–Kier alpha value is -1.69. The van der Waals surface area contributed by atoms with Gasteiger partial charge < -0.3 is 15.6 Å². The minimum Gasteiger partial charge on any atom is -0.505 e. The van der Waals surface area contributed by atoms with E-state index in [1.54, 1.807) is 0 Å². The third kappa shape index (κ3) is 2.46. The van der Waals surface area contributed by atoms with Crippen molar-refractivity contribution >= 4 is 5.97 Å². The van der Waals surface area contributed by atoms with Gasteiger partial charge in [-0.1, -0.05) is 6.07 Å². The van der Waals surface area contributed by atoms with Crippen LogP contribution in [0.3, 0.4) is 0 Å². The van der Waals surface area contributed by atoms with Gasteiger partial charge in [-0.05, 0) is 11.6 Å². The minimum atomic E-state index is -1.35. The molecule has 1 atom stereocenters. The minimum absolute atomic E-state index is 0.0526. The van der Waals surface area contributed by atoms with E-state index in [0.717, 1.165) is 19.2 Å². The molecule has 88 valence electrons. The molecule has 0 aromatic heterocycles. The average molecular weight is 231 g/mol. The smallest absolute Gasteiger partial charge is 0.322 e. The molecule has 0 bridgehead atoms. The first kappa shape index (κ1) is 12.4. The van der Waals surface area contributed by atoms with Crippen LogP contribution in [-0.4, -0.2) is 24.2 Å². The lowest BCUT2D eigenvalue weighted by Crippen LogP contribution is -2.33.